The van der Waals surface area contributed by atoms with E-state index in [2.05, 4.69) is 9.97 Å². The molecule has 0 unspecified atom stereocenters. The molecule has 0 aliphatic heterocycles. The van der Waals surface area contributed by atoms with Crippen LogP contribution in [0.4, 0.5) is 0 Å². The number of ether oxygens (including phenoxy) is 1. The molecule has 0 saturated heterocycles. The summed E-state index contributed by atoms with van der Waals surface area (Å²) in [6.45, 7) is 0. The number of nitrogens with one attached hydrogen (secondary N) is 1. The molecule has 0 spiro atoms. The Morgan fingerprint density at radius 2 is 2.20 bits per heavy atom. The third-order valence-corrected chi connectivity index (χ3v) is 2.08. The maximum absolute atomic E-state index is 11.6. The van der Waals surface area contributed by atoms with Crippen molar-refractivity contribution in [1.29, 1.82) is 0 Å². The van der Waals surface area contributed by atoms with Gasteiger partial charge < -0.3 is 4.74 Å². The van der Waals surface area contributed by atoms with Gasteiger partial charge in [0, 0.05) is 23.5 Å². The summed E-state index contributed by atoms with van der Waals surface area (Å²) in [5, 5.41) is 0. The Bertz CT molecular complexity index is 505. The molecule has 0 radical (unpaired) electrons. The van der Waals surface area contributed by atoms with Crippen molar-refractivity contribution in [3.05, 3.63) is 47.0 Å². The lowest BCUT2D eigenvalue weighted by Gasteiger charge is -2.02. The minimum Gasteiger partial charge on any atom is -0.482 e. The van der Waals surface area contributed by atoms with E-state index in [0.29, 0.717) is 11.4 Å². The Balaban J connectivity index is 2.51. The minimum absolute atomic E-state index is 0.178. The second kappa shape index (κ2) is 3.96. The zero-order valence-electron chi connectivity index (χ0n) is 8.23. The molecule has 76 valence electrons. The highest BCUT2D eigenvalue weighted by Gasteiger charge is 2.03. The molecule has 0 fully saturated rings. The number of rotatable bonds is 2. The molecule has 2 aromatic rings. The van der Waals surface area contributed by atoms with Crippen molar-refractivity contribution < 1.29 is 4.74 Å². The molecule has 15 heavy (non-hydrogen) atoms. The smallest absolute Gasteiger partial charge is 0.258 e. The molecule has 0 aromatic carbocycles. The van der Waals surface area contributed by atoms with Crippen molar-refractivity contribution in [1.82, 2.24) is 9.97 Å². The molecular formula is C11H10N2O2. The number of methoxy groups -OCH3 is 1. The number of aromatic amines is 1. The second-order valence-corrected chi connectivity index (χ2v) is 3.01. The van der Waals surface area contributed by atoms with Gasteiger partial charge in [0.25, 0.3) is 5.56 Å². The van der Waals surface area contributed by atoms with Crippen molar-refractivity contribution in [2.24, 2.45) is 0 Å². The lowest BCUT2D eigenvalue weighted by atomic mass is 10.1. The molecule has 2 rings (SSSR count). The summed E-state index contributed by atoms with van der Waals surface area (Å²) in [5.74, 6) is 0.452. The Morgan fingerprint density at radius 1 is 1.33 bits per heavy atom. The largest absolute Gasteiger partial charge is 0.482 e. The van der Waals surface area contributed by atoms with E-state index in [-0.39, 0.29) is 5.56 Å². The van der Waals surface area contributed by atoms with Gasteiger partial charge >= 0.3 is 0 Å². The third-order valence-electron chi connectivity index (χ3n) is 2.08. The highest BCUT2D eigenvalue weighted by Crippen LogP contribution is 2.14. The standard InChI is InChI=1S/C11H10N2O2/c1-15-10-5-4-9(11(14)13-10)8-3-2-6-12-7-8/h2-7H,1H3,(H,13,14). The molecular weight excluding hydrogens is 192 g/mol. The van der Waals surface area contributed by atoms with Gasteiger partial charge in [0.05, 0.1) is 7.11 Å². The van der Waals surface area contributed by atoms with Crippen molar-refractivity contribution in [3.8, 4) is 17.0 Å². The van der Waals surface area contributed by atoms with Crippen molar-refractivity contribution in [2.45, 2.75) is 0 Å². The summed E-state index contributed by atoms with van der Waals surface area (Å²) in [7, 11) is 1.51. The van der Waals surface area contributed by atoms with E-state index in [4.69, 9.17) is 4.74 Å². The van der Waals surface area contributed by atoms with Crippen molar-refractivity contribution >= 4 is 0 Å². The van der Waals surface area contributed by atoms with Gasteiger partial charge in [0.15, 0.2) is 5.88 Å². The molecule has 0 saturated carbocycles. The first-order valence-electron chi connectivity index (χ1n) is 4.49. The van der Waals surface area contributed by atoms with E-state index in [0.717, 1.165) is 5.56 Å². The summed E-state index contributed by atoms with van der Waals surface area (Å²) in [4.78, 5) is 18.2. The van der Waals surface area contributed by atoms with Gasteiger partial charge in [-0.15, -0.1) is 0 Å². The van der Waals surface area contributed by atoms with Crippen LogP contribution in [0.5, 0.6) is 5.88 Å². The lowest BCUT2D eigenvalue weighted by molar-refractivity contribution is 0.397. The fraction of sp³-hybridized carbons (Fsp3) is 0.0909. The molecule has 1 N–H and O–H groups in total. The Hall–Kier alpha value is -2.10. The van der Waals surface area contributed by atoms with Gasteiger partial charge in [0.2, 0.25) is 0 Å². The van der Waals surface area contributed by atoms with Crippen LogP contribution in [-0.2, 0) is 0 Å². The molecule has 2 heterocycles. The van der Waals surface area contributed by atoms with Crippen LogP contribution in [0, 0.1) is 0 Å². The molecule has 2 aromatic heterocycles. The number of aromatic nitrogens is 2. The van der Waals surface area contributed by atoms with Gasteiger partial charge in [-0.3, -0.25) is 14.8 Å². The molecule has 0 atom stereocenters. The summed E-state index contributed by atoms with van der Waals surface area (Å²) < 4.78 is 4.91. The number of H-pyrrole nitrogens is 1. The van der Waals surface area contributed by atoms with Crippen LogP contribution in [0.1, 0.15) is 0 Å². The van der Waals surface area contributed by atoms with Crippen LogP contribution in [0.2, 0.25) is 0 Å². The number of nitrogens with zero attached hydrogens (tertiary/aromatic N) is 1. The maximum Gasteiger partial charge on any atom is 0.258 e. The third kappa shape index (κ3) is 1.88. The quantitative estimate of drug-likeness (QED) is 0.801. The molecule has 4 nitrogen and oxygen atoms in total. The van der Waals surface area contributed by atoms with E-state index in [1.807, 2.05) is 6.07 Å². The Morgan fingerprint density at radius 3 is 2.80 bits per heavy atom. The van der Waals surface area contributed by atoms with Crippen LogP contribution in [-0.4, -0.2) is 17.1 Å². The van der Waals surface area contributed by atoms with Gasteiger partial charge in [-0.05, 0) is 18.2 Å². The first kappa shape index (κ1) is 9.45. The van der Waals surface area contributed by atoms with Crippen molar-refractivity contribution in [3.63, 3.8) is 0 Å². The summed E-state index contributed by atoms with van der Waals surface area (Å²) >= 11 is 0. The van der Waals surface area contributed by atoms with Crippen LogP contribution < -0.4 is 10.3 Å². The van der Waals surface area contributed by atoms with E-state index in [1.54, 1.807) is 30.6 Å². The van der Waals surface area contributed by atoms with Crippen LogP contribution in [0.3, 0.4) is 0 Å². The number of hydrogen-bond acceptors (Lipinski definition) is 3. The fourth-order valence-corrected chi connectivity index (χ4v) is 1.32. The normalized spacial score (nSPS) is 9.93. The van der Waals surface area contributed by atoms with E-state index < -0.39 is 0 Å². The van der Waals surface area contributed by atoms with E-state index in [9.17, 15) is 4.79 Å². The molecule has 0 aliphatic carbocycles. The Labute approximate surface area is 86.6 Å². The molecule has 0 amide bonds. The monoisotopic (exact) mass is 202 g/mol. The van der Waals surface area contributed by atoms with Crippen LogP contribution in [0.25, 0.3) is 11.1 Å². The molecule has 0 aliphatic rings. The van der Waals surface area contributed by atoms with Gasteiger partial charge in [-0.2, -0.15) is 0 Å². The average molecular weight is 202 g/mol. The van der Waals surface area contributed by atoms with Crippen LogP contribution in [0.15, 0.2) is 41.5 Å². The SMILES string of the molecule is COc1ccc(-c2cccnc2)c(=O)[nH]1. The highest BCUT2D eigenvalue weighted by atomic mass is 16.5. The maximum atomic E-state index is 11.6. The summed E-state index contributed by atoms with van der Waals surface area (Å²) in [5.41, 5.74) is 1.20. The predicted molar refractivity (Wildman–Crippen MR) is 56.8 cm³/mol. The zero-order valence-corrected chi connectivity index (χ0v) is 8.23. The first-order chi connectivity index (χ1) is 7.31. The number of pyridine rings is 2. The van der Waals surface area contributed by atoms with Gasteiger partial charge in [-0.1, -0.05) is 6.07 Å². The summed E-state index contributed by atoms with van der Waals surface area (Å²) in [6, 6.07) is 7.06. The van der Waals surface area contributed by atoms with Crippen LogP contribution >= 0.6 is 0 Å². The van der Waals surface area contributed by atoms with Crippen molar-refractivity contribution in [2.75, 3.05) is 7.11 Å². The minimum atomic E-state index is -0.178. The average Bonchev–Trinajstić information content (AvgIpc) is 2.30. The first-order valence-corrected chi connectivity index (χ1v) is 4.49. The fourth-order valence-electron chi connectivity index (χ4n) is 1.32. The van der Waals surface area contributed by atoms with Gasteiger partial charge in [0.1, 0.15) is 0 Å². The predicted octanol–water partition coefficient (Wildman–Crippen LogP) is 1.45. The zero-order chi connectivity index (χ0) is 10.7. The lowest BCUT2D eigenvalue weighted by Crippen LogP contribution is -2.09. The number of hydrogen-bond donors (Lipinski definition) is 1. The highest BCUT2D eigenvalue weighted by molar-refractivity contribution is 5.61. The Kier molecular flexibility index (Phi) is 2.49. The second-order valence-electron chi connectivity index (χ2n) is 3.01. The van der Waals surface area contributed by atoms with E-state index in [1.165, 1.54) is 7.11 Å². The van der Waals surface area contributed by atoms with E-state index >= 15 is 0 Å². The van der Waals surface area contributed by atoms with Gasteiger partial charge in [-0.25, -0.2) is 0 Å². The topological polar surface area (TPSA) is 55.0 Å². The molecule has 4 heteroatoms. The summed E-state index contributed by atoms with van der Waals surface area (Å²) in [6.07, 6.45) is 3.32. The molecule has 0 bridgehead atoms.